The number of amides is 1. The van der Waals surface area contributed by atoms with Gasteiger partial charge in [0, 0.05) is 32.9 Å². The molecule has 0 spiro atoms. The van der Waals surface area contributed by atoms with Crippen LogP contribution in [0.1, 0.15) is 36.5 Å². The molecule has 1 unspecified atom stereocenters. The molecule has 0 aliphatic rings. The van der Waals surface area contributed by atoms with E-state index >= 15 is 0 Å². The van der Waals surface area contributed by atoms with Crippen molar-refractivity contribution in [2.24, 2.45) is 5.73 Å². The number of hydrogen-bond acceptors (Lipinski definition) is 4. The van der Waals surface area contributed by atoms with E-state index in [1.165, 1.54) is 0 Å². The first-order valence-electron chi connectivity index (χ1n) is 6.72. The van der Waals surface area contributed by atoms with Crippen molar-refractivity contribution < 1.29 is 4.79 Å². The minimum atomic E-state index is -0.107. The van der Waals surface area contributed by atoms with Crippen LogP contribution >= 0.6 is 0 Å². The standard InChI is InChI=1S/C14H24N4O/c1-4-5-6-12(9-15)17-14(19)11-7-8-13(16-10-11)18(2)3/h7-8,10,12H,4-6,9,15H2,1-3H3,(H,17,19). The van der Waals surface area contributed by atoms with Crippen LogP contribution in [0.2, 0.25) is 0 Å². The van der Waals surface area contributed by atoms with Crippen LogP contribution in [0.3, 0.4) is 0 Å². The van der Waals surface area contributed by atoms with Crippen molar-refractivity contribution in [1.82, 2.24) is 10.3 Å². The molecule has 1 heterocycles. The minimum Gasteiger partial charge on any atom is -0.363 e. The molecule has 0 radical (unpaired) electrons. The Morgan fingerprint density at radius 3 is 2.68 bits per heavy atom. The van der Waals surface area contributed by atoms with E-state index in [0.29, 0.717) is 12.1 Å². The molecule has 0 aromatic carbocycles. The number of carbonyl (C=O) groups is 1. The highest BCUT2D eigenvalue weighted by Crippen LogP contribution is 2.08. The van der Waals surface area contributed by atoms with Gasteiger partial charge in [-0.2, -0.15) is 0 Å². The van der Waals surface area contributed by atoms with E-state index in [4.69, 9.17) is 5.73 Å². The minimum absolute atomic E-state index is 0.0426. The normalized spacial score (nSPS) is 12.0. The Kier molecular flexibility index (Phi) is 6.29. The molecule has 0 saturated carbocycles. The van der Waals surface area contributed by atoms with E-state index in [1.807, 2.05) is 25.1 Å². The van der Waals surface area contributed by atoms with Gasteiger partial charge in [0.1, 0.15) is 5.82 Å². The lowest BCUT2D eigenvalue weighted by molar-refractivity contribution is 0.0935. The zero-order valence-electron chi connectivity index (χ0n) is 12.0. The van der Waals surface area contributed by atoms with Gasteiger partial charge in [-0.3, -0.25) is 4.79 Å². The van der Waals surface area contributed by atoms with Gasteiger partial charge in [-0.25, -0.2) is 4.98 Å². The van der Waals surface area contributed by atoms with Crippen molar-refractivity contribution in [1.29, 1.82) is 0 Å². The fourth-order valence-corrected chi connectivity index (χ4v) is 1.75. The van der Waals surface area contributed by atoms with Crippen LogP contribution in [0.4, 0.5) is 5.82 Å². The number of pyridine rings is 1. The van der Waals surface area contributed by atoms with E-state index in [0.717, 1.165) is 25.1 Å². The number of hydrogen-bond donors (Lipinski definition) is 2. The van der Waals surface area contributed by atoms with Crippen LogP contribution in [0.25, 0.3) is 0 Å². The summed E-state index contributed by atoms with van der Waals surface area (Å²) in [5, 5.41) is 2.95. The number of nitrogens with zero attached hydrogens (tertiary/aromatic N) is 2. The zero-order chi connectivity index (χ0) is 14.3. The maximum atomic E-state index is 12.0. The van der Waals surface area contributed by atoms with E-state index in [1.54, 1.807) is 12.3 Å². The summed E-state index contributed by atoms with van der Waals surface area (Å²) in [5.41, 5.74) is 6.24. The first-order chi connectivity index (χ1) is 9.08. The molecule has 0 fully saturated rings. The van der Waals surface area contributed by atoms with Gasteiger partial charge in [0.25, 0.3) is 5.91 Å². The smallest absolute Gasteiger partial charge is 0.253 e. The van der Waals surface area contributed by atoms with Crippen LogP contribution in [-0.4, -0.2) is 37.6 Å². The number of anilines is 1. The van der Waals surface area contributed by atoms with Gasteiger partial charge < -0.3 is 16.0 Å². The SMILES string of the molecule is CCCCC(CN)NC(=O)c1ccc(N(C)C)nc1. The van der Waals surface area contributed by atoms with Crippen molar-refractivity contribution in [3.8, 4) is 0 Å². The average Bonchev–Trinajstić information content (AvgIpc) is 2.43. The molecule has 1 aromatic rings. The van der Waals surface area contributed by atoms with Crippen molar-refractivity contribution in [2.75, 3.05) is 25.5 Å². The molecule has 0 saturated heterocycles. The number of aromatic nitrogens is 1. The highest BCUT2D eigenvalue weighted by molar-refractivity contribution is 5.94. The highest BCUT2D eigenvalue weighted by atomic mass is 16.1. The Bertz CT molecular complexity index is 389. The van der Waals surface area contributed by atoms with E-state index in [2.05, 4.69) is 17.2 Å². The largest absolute Gasteiger partial charge is 0.363 e. The fraction of sp³-hybridized carbons (Fsp3) is 0.571. The van der Waals surface area contributed by atoms with Crippen molar-refractivity contribution in [2.45, 2.75) is 32.2 Å². The third-order valence-corrected chi connectivity index (χ3v) is 2.99. The number of unbranched alkanes of at least 4 members (excludes halogenated alkanes) is 1. The van der Waals surface area contributed by atoms with Crippen molar-refractivity contribution in [3.63, 3.8) is 0 Å². The van der Waals surface area contributed by atoms with Crippen LogP contribution in [0, 0.1) is 0 Å². The number of nitrogens with two attached hydrogens (primary N) is 1. The van der Waals surface area contributed by atoms with Gasteiger partial charge in [0.15, 0.2) is 0 Å². The molecule has 106 valence electrons. The third-order valence-electron chi connectivity index (χ3n) is 2.99. The summed E-state index contributed by atoms with van der Waals surface area (Å²) in [6, 6.07) is 3.66. The Hall–Kier alpha value is -1.62. The second-order valence-electron chi connectivity index (χ2n) is 4.85. The lowest BCUT2D eigenvalue weighted by atomic mass is 10.1. The molecule has 0 aliphatic carbocycles. The Balaban J connectivity index is 2.61. The topological polar surface area (TPSA) is 71.2 Å². The summed E-state index contributed by atoms with van der Waals surface area (Å²) in [7, 11) is 3.83. The van der Waals surface area contributed by atoms with Crippen LogP contribution < -0.4 is 16.0 Å². The number of rotatable bonds is 7. The van der Waals surface area contributed by atoms with Gasteiger partial charge in [-0.15, -0.1) is 0 Å². The zero-order valence-corrected chi connectivity index (χ0v) is 12.0. The van der Waals surface area contributed by atoms with Gasteiger partial charge in [0.2, 0.25) is 0 Å². The molecule has 0 bridgehead atoms. The number of nitrogens with one attached hydrogen (secondary N) is 1. The van der Waals surface area contributed by atoms with Crippen molar-refractivity contribution in [3.05, 3.63) is 23.9 Å². The molecule has 1 atom stereocenters. The monoisotopic (exact) mass is 264 g/mol. The van der Waals surface area contributed by atoms with E-state index in [9.17, 15) is 4.79 Å². The predicted molar refractivity (Wildman–Crippen MR) is 78.4 cm³/mol. The van der Waals surface area contributed by atoms with Gasteiger partial charge in [0.05, 0.1) is 5.56 Å². The van der Waals surface area contributed by atoms with Gasteiger partial charge >= 0.3 is 0 Å². The first kappa shape index (κ1) is 15.4. The summed E-state index contributed by atoms with van der Waals surface area (Å²) < 4.78 is 0. The lowest BCUT2D eigenvalue weighted by Crippen LogP contribution is -2.40. The summed E-state index contributed by atoms with van der Waals surface area (Å²) >= 11 is 0. The third kappa shape index (κ3) is 4.87. The lowest BCUT2D eigenvalue weighted by Gasteiger charge is -2.17. The molecule has 5 nitrogen and oxygen atoms in total. The summed E-state index contributed by atoms with van der Waals surface area (Å²) in [6.45, 7) is 2.59. The molecule has 1 aromatic heterocycles. The van der Waals surface area contributed by atoms with E-state index < -0.39 is 0 Å². The predicted octanol–water partition coefficient (Wildman–Crippen LogP) is 1.39. The molecule has 1 rings (SSSR count). The van der Waals surface area contributed by atoms with Gasteiger partial charge in [-0.05, 0) is 18.6 Å². The highest BCUT2D eigenvalue weighted by Gasteiger charge is 2.12. The average molecular weight is 264 g/mol. The summed E-state index contributed by atoms with van der Waals surface area (Å²) in [6.07, 6.45) is 4.69. The maximum absolute atomic E-state index is 12.0. The summed E-state index contributed by atoms with van der Waals surface area (Å²) in [5.74, 6) is 0.724. The Morgan fingerprint density at radius 2 is 2.21 bits per heavy atom. The quantitative estimate of drug-likeness (QED) is 0.781. The van der Waals surface area contributed by atoms with Gasteiger partial charge in [-0.1, -0.05) is 19.8 Å². The molecule has 19 heavy (non-hydrogen) atoms. The molecule has 0 aliphatic heterocycles. The Labute approximate surface area is 115 Å². The van der Waals surface area contributed by atoms with Crippen molar-refractivity contribution >= 4 is 11.7 Å². The molecular weight excluding hydrogens is 240 g/mol. The molecular formula is C14H24N4O. The maximum Gasteiger partial charge on any atom is 0.253 e. The first-order valence-corrected chi connectivity index (χ1v) is 6.72. The molecule has 3 N–H and O–H groups in total. The summed E-state index contributed by atoms with van der Waals surface area (Å²) in [4.78, 5) is 18.2. The Morgan fingerprint density at radius 1 is 1.47 bits per heavy atom. The van der Waals surface area contributed by atoms with E-state index in [-0.39, 0.29) is 11.9 Å². The molecule has 1 amide bonds. The fourth-order valence-electron chi connectivity index (χ4n) is 1.75. The van der Waals surface area contributed by atoms with Crippen LogP contribution in [-0.2, 0) is 0 Å². The number of carbonyl (C=O) groups excluding carboxylic acids is 1. The van der Waals surface area contributed by atoms with Crippen LogP contribution in [0.15, 0.2) is 18.3 Å². The second-order valence-corrected chi connectivity index (χ2v) is 4.85. The second kappa shape index (κ2) is 7.74. The van der Waals surface area contributed by atoms with Crippen LogP contribution in [0.5, 0.6) is 0 Å². The molecule has 5 heteroatoms.